The minimum absolute atomic E-state index is 0.737. The van der Waals surface area contributed by atoms with Gasteiger partial charge in [-0.15, -0.1) is 0 Å². The summed E-state index contributed by atoms with van der Waals surface area (Å²) in [5.41, 5.74) is 0. The van der Waals surface area contributed by atoms with Crippen LogP contribution in [0.1, 0.15) is 0 Å². The van der Waals surface area contributed by atoms with Crippen LogP contribution in [-0.2, 0) is 0 Å². The highest BCUT2D eigenvalue weighted by Gasteiger charge is 2.11. The van der Waals surface area contributed by atoms with E-state index in [1.165, 1.54) is 0 Å². The van der Waals surface area contributed by atoms with Crippen molar-refractivity contribution in [2.45, 2.75) is 0 Å². The Balaban J connectivity index is 2.53. The first-order valence-electron chi connectivity index (χ1n) is 5.72. The maximum Gasteiger partial charge on any atom is 0.169 e. The Morgan fingerprint density at radius 3 is 2.44 bits per heavy atom. The Morgan fingerprint density at radius 1 is 0.889 bits per heavy atom. The Labute approximate surface area is 105 Å². The maximum absolute atomic E-state index is 5.50. The van der Waals surface area contributed by atoms with Gasteiger partial charge in [0.25, 0.3) is 0 Å². The molecule has 0 spiro atoms. The number of methoxy groups -OCH3 is 2. The lowest BCUT2D eigenvalue weighted by molar-refractivity contribution is 0.359. The van der Waals surface area contributed by atoms with E-state index in [1.54, 1.807) is 20.4 Å². The van der Waals surface area contributed by atoms with Crippen LogP contribution in [0.3, 0.4) is 0 Å². The van der Waals surface area contributed by atoms with Gasteiger partial charge < -0.3 is 9.47 Å². The van der Waals surface area contributed by atoms with E-state index in [9.17, 15) is 0 Å². The molecule has 0 saturated carbocycles. The van der Waals surface area contributed by atoms with Gasteiger partial charge in [-0.1, -0.05) is 18.2 Å². The van der Waals surface area contributed by atoms with E-state index in [4.69, 9.17) is 9.47 Å². The number of hydrogen-bond donors (Lipinski definition) is 0. The Kier molecular flexibility index (Phi) is 2.52. The SMILES string of the molecule is COc1ccc2ccc3ccncc3c2c1OC. The van der Waals surface area contributed by atoms with Gasteiger partial charge in [-0.05, 0) is 22.9 Å². The van der Waals surface area contributed by atoms with E-state index in [-0.39, 0.29) is 0 Å². The maximum atomic E-state index is 5.50. The predicted octanol–water partition coefficient (Wildman–Crippen LogP) is 3.41. The lowest BCUT2D eigenvalue weighted by atomic mass is 10.0. The van der Waals surface area contributed by atoms with Gasteiger partial charge in [0.2, 0.25) is 0 Å². The molecule has 0 radical (unpaired) electrons. The summed E-state index contributed by atoms with van der Waals surface area (Å²) in [5, 5.41) is 4.38. The summed E-state index contributed by atoms with van der Waals surface area (Å²) >= 11 is 0. The predicted molar refractivity (Wildman–Crippen MR) is 72.4 cm³/mol. The standard InChI is InChI=1S/C15H13NO2/c1-17-13-6-5-11-4-3-10-7-8-16-9-12(10)14(11)15(13)18-2/h3-9H,1-2H3. The zero-order valence-electron chi connectivity index (χ0n) is 10.3. The van der Waals surface area contributed by atoms with Crippen molar-refractivity contribution in [2.24, 2.45) is 0 Å². The van der Waals surface area contributed by atoms with E-state index in [0.29, 0.717) is 0 Å². The number of pyridine rings is 1. The summed E-state index contributed by atoms with van der Waals surface area (Å²) in [6, 6.07) is 10.1. The highest BCUT2D eigenvalue weighted by Crippen LogP contribution is 2.39. The first kappa shape index (κ1) is 10.8. The monoisotopic (exact) mass is 239 g/mol. The molecule has 0 N–H and O–H groups in total. The van der Waals surface area contributed by atoms with Crippen molar-refractivity contribution < 1.29 is 9.47 Å². The third kappa shape index (κ3) is 1.48. The zero-order valence-corrected chi connectivity index (χ0v) is 10.3. The quantitative estimate of drug-likeness (QED) is 0.642. The van der Waals surface area contributed by atoms with E-state index in [0.717, 1.165) is 33.0 Å². The number of nitrogens with zero attached hydrogens (tertiary/aromatic N) is 1. The fourth-order valence-electron chi connectivity index (χ4n) is 2.30. The molecule has 0 atom stereocenters. The van der Waals surface area contributed by atoms with Crippen LogP contribution in [-0.4, -0.2) is 19.2 Å². The summed E-state index contributed by atoms with van der Waals surface area (Å²) in [7, 11) is 3.31. The molecule has 1 aromatic heterocycles. The molecule has 0 aliphatic heterocycles. The van der Waals surface area contributed by atoms with Crippen molar-refractivity contribution in [3.8, 4) is 11.5 Å². The average molecular weight is 239 g/mol. The second kappa shape index (κ2) is 4.18. The third-order valence-electron chi connectivity index (χ3n) is 3.14. The molecule has 0 fully saturated rings. The Bertz CT molecular complexity index is 722. The summed E-state index contributed by atoms with van der Waals surface area (Å²) in [6.07, 6.45) is 3.65. The molecule has 0 aliphatic carbocycles. The number of fused-ring (bicyclic) bond motifs is 3. The average Bonchev–Trinajstić information content (AvgIpc) is 2.45. The fourth-order valence-corrected chi connectivity index (χ4v) is 2.30. The van der Waals surface area contributed by atoms with Gasteiger partial charge >= 0.3 is 0 Å². The molecule has 0 saturated heterocycles. The first-order chi connectivity index (χ1) is 8.85. The summed E-state index contributed by atoms with van der Waals surface area (Å²) < 4.78 is 10.9. The largest absolute Gasteiger partial charge is 0.493 e. The van der Waals surface area contributed by atoms with E-state index in [2.05, 4.69) is 17.1 Å². The molecule has 3 heteroatoms. The van der Waals surface area contributed by atoms with Gasteiger partial charge in [0.05, 0.1) is 14.2 Å². The number of benzene rings is 2. The van der Waals surface area contributed by atoms with Crippen LogP contribution in [0.4, 0.5) is 0 Å². The topological polar surface area (TPSA) is 31.4 Å². The summed E-state index contributed by atoms with van der Waals surface area (Å²) in [5.74, 6) is 1.50. The molecule has 1 heterocycles. The minimum atomic E-state index is 0.737. The summed E-state index contributed by atoms with van der Waals surface area (Å²) in [4.78, 5) is 4.20. The highest BCUT2D eigenvalue weighted by atomic mass is 16.5. The molecule has 3 aromatic rings. The molecule has 90 valence electrons. The fraction of sp³-hybridized carbons (Fsp3) is 0.133. The molecule has 0 bridgehead atoms. The van der Waals surface area contributed by atoms with Crippen LogP contribution in [0.5, 0.6) is 11.5 Å². The zero-order chi connectivity index (χ0) is 12.5. The van der Waals surface area contributed by atoms with E-state index >= 15 is 0 Å². The van der Waals surface area contributed by atoms with Crippen molar-refractivity contribution in [3.63, 3.8) is 0 Å². The van der Waals surface area contributed by atoms with Gasteiger partial charge in [-0.3, -0.25) is 4.98 Å². The number of rotatable bonds is 2. The third-order valence-corrected chi connectivity index (χ3v) is 3.14. The molecular formula is C15H13NO2. The molecule has 0 amide bonds. The van der Waals surface area contributed by atoms with Crippen molar-refractivity contribution >= 4 is 21.5 Å². The van der Waals surface area contributed by atoms with Gasteiger partial charge in [-0.2, -0.15) is 0 Å². The molecule has 3 nitrogen and oxygen atoms in total. The van der Waals surface area contributed by atoms with Gasteiger partial charge in [-0.25, -0.2) is 0 Å². The molecular weight excluding hydrogens is 226 g/mol. The van der Waals surface area contributed by atoms with Crippen LogP contribution < -0.4 is 9.47 Å². The van der Waals surface area contributed by atoms with Crippen LogP contribution >= 0.6 is 0 Å². The van der Waals surface area contributed by atoms with Crippen LogP contribution in [0.15, 0.2) is 42.7 Å². The smallest absolute Gasteiger partial charge is 0.169 e. The van der Waals surface area contributed by atoms with Gasteiger partial charge in [0, 0.05) is 23.2 Å². The lowest BCUT2D eigenvalue weighted by Gasteiger charge is -2.12. The molecule has 3 rings (SSSR count). The Morgan fingerprint density at radius 2 is 1.67 bits per heavy atom. The number of aromatic nitrogens is 1. The van der Waals surface area contributed by atoms with Crippen molar-refractivity contribution in [3.05, 3.63) is 42.7 Å². The number of ether oxygens (including phenoxy) is 2. The van der Waals surface area contributed by atoms with Crippen LogP contribution in [0, 0.1) is 0 Å². The van der Waals surface area contributed by atoms with Gasteiger partial charge in [0.1, 0.15) is 0 Å². The first-order valence-corrected chi connectivity index (χ1v) is 5.72. The molecule has 2 aromatic carbocycles. The van der Waals surface area contributed by atoms with Crippen molar-refractivity contribution in [1.29, 1.82) is 0 Å². The van der Waals surface area contributed by atoms with Crippen molar-refractivity contribution in [2.75, 3.05) is 14.2 Å². The Hall–Kier alpha value is -2.29. The summed E-state index contributed by atoms with van der Waals surface area (Å²) in [6.45, 7) is 0. The van der Waals surface area contributed by atoms with Gasteiger partial charge in [0.15, 0.2) is 11.5 Å². The van der Waals surface area contributed by atoms with Crippen LogP contribution in [0.2, 0.25) is 0 Å². The highest BCUT2D eigenvalue weighted by molar-refractivity contribution is 6.11. The van der Waals surface area contributed by atoms with E-state index < -0.39 is 0 Å². The molecule has 0 unspecified atom stereocenters. The van der Waals surface area contributed by atoms with E-state index in [1.807, 2.05) is 24.4 Å². The lowest BCUT2D eigenvalue weighted by Crippen LogP contribution is -1.92. The molecule has 18 heavy (non-hydrogen) atoms. The van der Waals surface area contributed by atoms with Crippen LogP contribution in [0.25, 0.3) is 21.5 Å². The minimum Gasteiger partial charge on any atom is -0.493 e. The van der Waals surface area contributed by atoms with Crippen molar-refractivity contribution in [1.82, 2.24) is 4.98 Å². The molecule has 0 aliphatic rings. The second-order valence-electron chi connectivity index (χ2n) is 4.06. The number of hydrogen-bond acceptors (Lipinski definition) is 3. The normalized spacial score (nSPS) is 10.8. The second-order valence-corrected chi connectivity index (χ2v) is 4.06.